The summed E-state index contributed by atoms with van der Waals surface area (Å²) in [5.74, 6) is 0.525. The highest BCUT2D eigenvalue weighted by Crippen LogP contribution is 2.24. The van der Waals surface area contributed by atoms with Crippen LogP contribution in [0.15, 0.2) is 72.8 Å². The number of anilines is 1. The molecule has 1 fully saturated rings. The first-order valence-corrected chi connectivity index (χ1v) is 11.1. The minimum Gasteiger partial charge on any atom is -0.487 e. The van der Waals surface area contributed by atoms with Crippen LogP contribution in [0, 0.1) is 0 Å². The molecule has 4 rings (SSSR count). The fourth-order valence-corrected chi connectivity index (χ4v) is 3.94. The number of halogens is 1. The number of hydrogen-bond donors (Lipinski definition) is 1. The number of carbonyl (C=O) groups is 1. The molecule has 0 unspecified atom stereocenters. The summed E-state index contributed by atoms with van der Waals surface area (Å²) >= 11 is 6.11. The molecule has 3 aromatic rings. The van der Waals surface area contributed by atoms with Crippen LogP contribution in [0.1, 0.15) is 40.7 Å². The number of ether oxygens (including phenoxy) is 1. The van der Waals surface area contributed by atoms with Crippen molar-refractivity contribution in [3.63, 3.8) is 0 Å². The Morgan fingerprint density at radius 2 is 1.55 bits per heavy atom. The normalized spacial score (nSPS) is 14.2. The van der Waals surface area contributed by atoms with Crippen molar-refractivity contribution in [3.05, 3.63) is 94.5 Å². The van der Waals surface area contributed by atoms with Crippen LogP contribution in [-0.4, -0.2) is 23.9 Å². The Bertz CT molecular complexity index is 997. The summed E-state index contributed by atoms with van der Waals surface area (Å²) in [5.41, 5.74) is 3.67. The van der Waals surface area contributed by atoms with E-state index in [1.165, 1.54) is 37.9 Å². The van der Waals surface area contributed by atoms with Crippen LogP contribution >= 0.6 is 11.6 Å². The Labute approximate surface area is 188 Å². The van der Waals surface area contributed by atoms with Crippen molar-refractivity contribution in [1.82, 2.24) is 4.90 Å². The van der Waals surface area contributed by atoms with E-state index in [4.69, 9.17) is 16.3 Å². The Hall–Kier alpha value is -2.82. The first-order valence-electron chi connectivity index (χ1n) is 10.8. The van der Waals surface area contributed by atoms with Gasteiger partial charge >= 0.3 is 0 Å². The Morgan fingerprint density at radius 3 is 2.26 bits per heavy atom. The molecule has 1 aliphatic heterocycles. The molecule has 0 radical (unpaired) electrons. The van der Waals surface area contributed by atoms with Crippen LogP contribution in [-0.2, 0) is 13.2 Å². The number of para-hydroxylation sites is 1. The maximum absolute atomic E-state index is 12.6. The summed E-state index contributed by atoms with van der Waals surface area (Å²) in [4.78, 5) is 15.1. The molecule has 0 spiro atoms. The van der Waals surface area contributed by atoms with Gasteiger partial charge in [0.05, 0.1) is 5.02 Å². The van der Waals surface area contributed by atoms with Gasteiger partial charge in [-0.25, -0.2) is 0 Å². The average Bonchev–Trinajstić information content (AvgIpc) is 2.81. The van der Waals surface area contributed by atoms with Crippen molar-refractivity contribution in [1.29, 1.82) is 0 Å². The van der Waals surface area contributed by atoms with Gasteiger partial charge in [-0.15, -0.1) is 0 Å². The van der Waals surface area contributed by atoms with E-state index in [1.54, 1.807) is 6.07 Å². The quantitative estimate of drug-likeness (QED) is 0.484. The fraction of sp³-hybridized carbons (Fsp3) is 0.269. The molecule has 1 aliphatic rings. The molecule has 5 heteroatoms. The lowest BCUT2D eigenvalue weighted by Gasteiger charge is -2.26. The minimum atomic E-state index is -0.123. The number of nitrogens with one attached hydrogen (secondary N) is 1. The summed E-state index contributed by atoms with van der Waals surface area (Å²) in [5, 5.41) is 3.56. The second-order valence-electron chi connectivity index (χ2n) is 7.90. The molecular weight excluding hydrogens is 408 g/mol. The van der Waals surface area contributed by atoms with Gasteiger partial charge in [-0.05, 0) is 73.5 Å². The van der Waals surface area contributed by atoms with Crippen molar-refractivity contribution in [3.8, 4) is 5.75 Å². The zero-order valence-electron chi connectivity index (χ0n) is 17.5. The third kappa shape index (κ3) is 6.09. The summed E-state index contributed by atoms with van der Waals surface area (Å²) in [6.07, 6.45) is 3.93. The molecule has 0 saturated carbocycles. The molecule has 3 aromatic carbocycles. The van der Waals surface area contributed by atoms with E-state index in [0.29, 0.717) is 22.9 Å². The largest absolute Gasteiger partial charge is 0.487 e. The third-order valence-corrected chi connectivity index (χ3v) is 5.83. The molecule has 0 aliphatic carbocycles. The molecule has 0 atom stereocenters. The number of amides is 1. The SMILES string of the molecule is O=C(Nc1ccc(CN2CCCCC2)cc1)c1ccc(COc2ccccc2Cl)cc1. The van der Waals surface area contributed by atoms with Crippen molar-refractivity contribution < 1.29 is 9.53 Å². The molecule has 0 aromatic heterocycles. The summed E-state index contributed by atoms with van der Waals surface area (Å²) < 4.78 is 5.75. The van der Waals surface area contributed by atoms with Gasteiger partial charge in [-0.2, -0.15) is 0 Å². The van der Waals surface area contributed by atoms with Crippen molar-refractivity contribution >= 4 is 23.2 Å². The van der Waals surface area contributed by atoms with Crippen LogP contribution in [0.5, 0.6) is 5.75 Å². The number of hydrogen-bond acceptors (Lipinski definition) is 3. The third-order valence-electron chi connectivity index (χ3n) is 5.51. The zero-order valence-corrected chi connectivity index (χ0v) is 18.3. The summed E-state index contributed by atoms with van der Waals surface area (Å²) in [6, 6.07) is 22.9. The molecule has 0 bridgehead atoms. The summed E-state index contributed by atoms with van der Waals surface area (Å²) in [7, 11) is 0. The van der Waals surface area contributed by atoms with E-state index in [2.05, 4.69) is 22.3 Å². The molecule has 31 heavy (non-hydrogen) atoms. The first kappa shape index (κ1) is 21.4. The number of rotatable bonds is 7. The van der Waals surface area contributed by atoms with Crippen LogP contribution in [0.3, 0.4) is 0 Å². The van der Waals surface area contributed by atoms with Crippen molar-refractivity contribution in [2.24, 2.45) is 0 Å². The van der Waals surface area contributed by atoms with E-state index < -0.39 is 0 Å². The Balaban J connectivity index is 1.29. The van der Waals surface area contributed by atoms with Crippen molar-refractivity contribution in [2.75, 3.05) is 18.4 Å². The topological polar surface area (TPSA) is 41.6 Å². The summed E-state index contributed by atoms with van der Waals surface area (Å²) in [6.45, 7) is 3.73. The van der Waals surface area contributed by atoms with Crippen LogP contribution in [0.4, 0.5) is 5.69 Å². The highest BCUT2D eigenvalue weighted by Gasteiger charge is 2.11. The van der Waals surface area contributed by atoms with Gasteiger partial charge in [0, 0.05) is 17.8 Å². The van der Waals surface area contributed by atoms with E-state index in [-0.39, 0.29) is 5.91 Å². The van der Waals surface area contributed by atoms with Crippen LogP contribution < -0.4 is 10.1 Å². The predicted molar refractivity (Wildman–Crippen MR) is 126 cm³/mol. The molecule has 1 saturated heterocycles. The number of nitrogens with zero attached hydrogens (tertiary/aromatic N) is 1. The van der Waals surface area contributed by atoms with E-state index >= 15 is 0 Å². The molecule has 1 N–H and O–H groups in total. The monoisotopic (exact) mass is 434 g/mol. The van der Waals surface area contributed by atoms with Gasteiger partial charge in [0.15, 0.2) is 0 Å². The van der Waals surface area contributed by atoms with Gasteiger partial charge in [0.1, 0.15) is 12.4 Å². The lowest BCUT2D eigenvalue weighted by Crippen LogP contribution is -2.29. The second-order valence-corrected chi connectivity index (χ2v) is 8.31. The molecule has 160 valence electrons. The highest BCUT2D eigenvalue weighted by atomic mass is 35.5. The number of piperidine rings is 1. The van der Waals surface area contributed by atoms with Gasteiger partial charge in [-0.1, -0.05) is 54.4 Å². The second kappa shape index (κ2) is 10.5. The predicted octanol–water partition coefficient (Wildman–Crippen LogP) is 6.16. The van der Waals surface area contributed by atoms with Crippen LogP contribution in [0.2, 0.25) is 5.02 Å². The minimum absolute atomic E-state index is 0.123. The van der Waals surface area contributed by atoms with Crippen molar-refractivity contribution in [2.45, 2.75) is 32.4 Å². The molecule has 4 nitrogen and oxygen atoms in total. The van der Waals surface area contributed by atoms with Gasteiger partial charge in [0.25, 0.3) is 5.91 Å². The zero-order chi connectivity index (χ0) is 21.5. The smallest absolute Gasteiger partial charge is 0.255 e. The lowest BCUT2D eigenvalue weighted by molar-refractivity contribution is 0.102. The lowest BCUT2D eigenvalue weighted by atomic mass is 10.1. The Kier molecular flexibility index (Phi) is 7.23. The van der Waals surface area contributed by atoms with Gasteiger partial charge < -0.3 is 10.1 Å². The van der Waals surface area contributed by atoms with Gasteiger partial charge in [-0.3, -0.25) is 9.69 Å². The van der Waals surface area contributed by atoms with Crippen LogP contribution in [0.25, 0.3) is 0 Å². The molecule has 1 heterocycles. The van der Waals surface area contributed by atoms with E-state index in [1.807, 2.05) is 54.6 Å². The maximum Gasteiger partial charge on any atom is 0.255 e. The standard InChI is InChI=1S/C26H27ClN2O2/c27-24-6-2-3-7-25(24)31-19-21-8-12-22(13-9-21)26(30)28-23-14-10-20(11-15-23)18-29-16-4-1-5-17-29/h2-3,6-15H,1,4-5,16-19H2,(H,28,30). The van der Waals surface area contributed by atoms with E-state index in [0.717, 1.165) is 17.8 Å². The first-order chi connectivity index (χ1) is 15.2. The fourth-order valence-electron chi connectivity index (χ4n) is 3.75. The molecular formula is C26H27ClN2O2. The number of carbonyl (C=O) groups excluding carboxylic acids is 1. The number of likely N-dealkylation sites (tertiary alicyclic amines) is 1. The van der Waals surface area contributed by atoms with Gasteiger partial charge in [0.2, 0.25) is 0 Å². The molecule has 1 amide bonds. The average molecular weight is 435 g/mol. The van der Waals surface area contributed by atoms with E-state index in [9.17, 15) is 4.79 Å². The highest BCUT2D eigenvalue weighted by molar-refractivity contribution is 6.32. The number of benzene rings is 3. The Morgan fingerprint density at radius 1 is 0.871 bits per heavy atom. The maximum atomic E-state index is 12.6.